The highest BCUT2D eigenvalue weighted by Crippen LogP contribution is 2.37. The number of nitrogens with one attached hydrogen (secondary N) is 1. The van der Waals surface area contributed by atoms with Crippen molar-refractivity contribution in [1.29, 1.82) is 0 Å². The number of hydrogen-bond donors (Lipinski definition) is 1. The fourth-order valence-electron chi connectivity index (χ4n) is 2.67. The number of hydrogen-bond acceptors (Lipinski definition) is 7. The van der Waals surface area contributed by atoms with E-state index >= 15 is 0 Å². The Morgan fingerprint density at radius 2 is 1.91 bits per heavy atom. The first-order chi connectivity index (χ1) is 15.0. The Kier molecular flexibility index (Phi) is 6.32. The molecule has 0 aliphatic carbocycles. The zero-order valence-electron chi connectivity index (χ0n) is 16.3. The highest BCUT2D eigenvalue weighted by molar-refractivity contribution is 5.97. The molecule has 12 heteroatoms. The molecule has 0 saturated heterocycles. The van der Waals surface area contributed by atoms with Crippen molar-refractivity contribution in [3.8, 4) is 11.5 Å². The van der Waals surface area contributed by atoms with Crippen molar-refractivity contribution in [3.05, 3.63) is 63.7 Å². The predicted molar refractivity (Wildman–Crippen MR) is 104 cm³/mol. The number of anilines is 1. The summed E-state index contributed by atoms with van der Waals surface area (Å²) in [6.07, 6.45) is -3.97. The Bertz CT molecular complexity index is 1100. The van der Waals surface area contributed by atoms with E-state index in [1.54, 1.807) is 18.2 Å². The van der Waals surface area contributed by atoms with Gasteiger partial charge in [0.05, 0.1) is 16.2 Å². The zero-order chi connectivity index (χ0) is 23.5. The molecule has 1 aliphatic rings. The molecule has 0 fully saturated rings. The van der Waals surface area contributed by atoms with Crippen LogP contribution < -0.4 is 14.8 Å². The summed E-state index contributed by atoms with van der Waals surface area (Å²) >= 11 is 0. The molecule has 0 saturated carbocycles. The van der Waals surface area contributed by atoms with Crippen molar-refractivity contribution in [2.24, 2.45) is 0 Å². The van der Waals surface area contributed by atoms with Crippen molar-refractivity contribution < 1.29 is 41.9 Å². The van der Waals surface area contributed by atoms with Crippen LogP contribution in [-0.4, -0.2) is 29.7 Å². The van der Waals surface area contributed by atoms with Gasteiger partial charge in [-0.3, -0.25) is 14.9 Å². The molecule has 1 N–H and O–H groups in total. The first-order valence-electron chi connectivity index (χ1n) is 8.99. The summed E-state index contributed by atoms with van der Waals surface area (Å²) in [5.74, 6) is -0.907. The number of nitro benzene ring substituents is 1. The average Bonchev–Trinajstić information content (AvgIpc) is 3.19. The molecular formula is C20H15F3N2O7. The summed E-state index contributed by atoms with van der Waals surface area (Å²) in [5, 5.41) is 12.7. The van der Waals surface area contributed by atoms with Crippen molar-refractivity contribution in [2.45, 2.75) is 19.2 Å². The van der Waals surface area contributed by atoms with E-state index in [2.05, 4.69) is 0 Å². The Morgan fingerprint density at radius 1 is 1.19 bits per heavy atom. The van der Waals surface area contributed by atoms with Gasteiger partial charge >= 0.3 is 12.1 Å². The third-order valence-corrected chi connectivity index (χ3v) is 4.25. The highest BCUT2D eigenvalue weighted by Gasteiger charge is 2.36. The summed E-state index contributed by atoms with van der Waals surface area (Å²) in [6, 6.07) is 6.80. The van der Waals surface area contributed by atoms with Crippen LogP contribution in [0.5, 0.6) is 11.5 Å². The van der Waals surface area contributed by atoms with Crippen molar-refractivity contribution >= 4 is 29.3 Å². The van der Waals surface area contributed by atoms with Gasteiger partial charge in [0.2, 0.25) is 6.79 Å². The minimum absolute atomic E-state index is 0.0853. The number of esters is 1. The van der Waals surface area contributed by atoms with Crippen molar-refractivity contribution in [3.63, 3.8) is 0 Å². The van der Waals surface area contributed by atoms with Crippen LogP contribution in [0.1, 0.15) is 18.1 Å². The van der Waals surface area contributed by atoms with Crippen LogP contribution in [0.2, 0.25) is 0 Å². The molecule has 0 bridgehead atoms. The van der Waals surface area contributed by atoms with Gasteiger partial charge in [-0.2, -0.15) is 13.2 Å². The lowest BCUT2D eigenvalue weighted by molar-refractivity contribution is -0.385. The molecule has 32 heavy (non-hydrogen) atoms. The summed E-state index contributed by atoms with van der Waals surface area (Å²) in [4.78, 5) is 33.9. The number of carbonyl (C=O) groups excluding carboxylic acids is 2. The molecule has 3 rings (SSSR count). The Balaban J connectivity index is 1.64. The van der Waals surface area contributed by atoms with E-state index in [4.69, 9.17) is 14.2 Å². The van der Waals surface area contributed by atoms with Crippen LogP contribution in [0.4, 0.5) is 24.5 Å². The van der Waals surface area contributed by atoms with Gasteiger partial charge in [0.25, 0.3) is 11.6 Å². The lowest BCUT2D eigenvalue weighted by Crippen LogP contribution is -2.30. The average molecular weight is 452 g/mol. The molecule has 1 heterocycles. The van der Waals surface area contributed by atoms with Crippen LogP contribution in [-0.2, 0) is 20.5 Å². The summed E-state index contributed by atoms with van der Waals surface area (Å²) < 4.78 is 54.9. The van der Waals surface area contributed by atoms with Crippen LogP contribution in [0, 0.1) is 10.1 Å². The Labute approximate surface area is 178 Å². The first-order valence-corrected chi connectivity index (χ1v) is 8.99. The molecule has 2 aromatic carbocycles. The number of nitrogens with zero attached hydrogens (tertiary/aromatic N) is 1. The van der Waals surface area contributed by atoms with Gasteiger partial charge in [-0.05, 0) is 36.8 Å². The van der Waals surface area contributed by atoms with Gasteiger partial charge in [-0.15, -0.1) is 0 Å². The molecular weight excluding hydrogens is 437 g/mol. The summed E-state index contributed by atoms with van der Waals surface area (Å²) in [5.41, 5.74) is -2.30. The van der Waals surface area contributed by atoms with Crippen molar-refractivity contribution in [2.75, 3.05) is 12.1 Å². The molecule has 0 unspecified atom stereocenters. The SMILES string of the molecule is C[C@@H](OC(=O)/C=C\c1ccc2c(c1)OCO2)C(=O)Nc1ccc([N+](=O)[O-])cc1C(F)(F)F. The lowest BCUT2D eigenvalue weighted by atomic mass is 10.1. The Morgan fingerprint density at radius 3 is 2.59 bits per heavy atom. The number of carbonyl (C=O) groups is 2. The molecule has 0 aromatic heterocycles. The van der Waals surface area contributed by atoms with Gasteiger partial charge in [-0.1, -0.05) is 6.07 Å². The largest absolute Gasteiger partial charge is 0.454 e. The number of non-ortho nitro benzene ring substituents is 1. The maximum Gasteiger partial charge on any atom is 0.418 e. The number of amides is 1. The minimum Gasteiger partial charge on any atom is -0.454 e. The second-order valence-corrected chi connectivity index (χ2v) is 6.50. The monoisotopic (exact) mass is 452 g/mol. The van der Waals surface area contributed by atoms with Gasteiger partial charge < -0.3 is 19.5 Å². The van der Waals surface area contributed by atoms with Crippen LogP contribution in [0.25, 0.3) is 6.08 Å². The van der Waals surface area contributed by atoms with Gasteiger partial charge in [-0.25, -0.2) is 4.79 Å². The van der Waals surface area contributed by atoms with E-state index in [0.717, 1.165) is 18.2 Å². The molecule has 1 aliphatic heterocycles. The topological polar surface area (TPSA) is 117 Å². The number of halogens is 3. The maximum absolute atomic E-state index is 13.2. The number of fused-ring (bicyclic) bond motifs is 1. The van der Waals surface area contributed by atoms with E-state index in [9.17, 15) is 32.9 Å². The number of ether oxygens (including phenoxy) is 3. The van der Waals surface area contributed by atoms with E-state index < -0.39 is 46.0 Å². The van der Waals surface area contributed by atoms with Crippen molar-refractivity contribution in [1.82, 2.24) is 0 Å². The maximum atomic E-state index is 13.2. The number of rotatable bonds is 6. The van der Waals surface area contributed by atoms with Gasteiger partial charge in [0, 0.05) is 18.2 Å². The normalized spacial score (nSPS) is 13.6. The number of nitro groups is 1. The molecule has 1 amide bonds. The van der Waals surface area contributed by atoms with E-state index in [1.165, 1.54) is 13.0 Å². The predicted octanol–water partition coefficient (Wildman–Crippen LogP) is 3.93. The number of alkyl halides is 3. The van der Waals surface area contributed by atoms with E-state index in [-0.39, 0.29) is 6.79 Å². The molecule has 0 spiro atoms. The smallest absolute Gasteiger partial charge is 0.418 e. The Hall–Kier alpha value is -4.09. The molecule has 1 atom stereocenters. The quantitative estimate of drug-likeness (QED) is 0.306. The number of benzene rings is 2. The zero-order valence-corrected chi connectivity index (χ0v) is 16.3. The van der Waals surface area contributed by atoms with E-state index in [0.29, 0.717) is 23.1 Å². The fraction of sp³-hybridized carbons (Fsp3) is 0.200. The van der Waals surface area contributed by atoms with Crippen LogP contribution >= 0.6 is 0 Å². The molecule has 0 radical (unpaired) electrons. The molecule has 2 aromatic rings. The second-order valence-electron chi connectivity index (χ2n) is 6.50. The van der Waals surface area contributed by atoms with Gasteiger partial charge in [0.15, 0.2) is 17.6 Å². The third kappa shape index (κ3) is 5.33. The van der Waals surface area contributed by atoms with E-state index in [1.807, 2.05) is 5.32 Å². The fourth-order valence-corrected chi connectivity index (χ4v) is 2.67. The third-order valence-electron chi connectivity index (χ3n) is 4.25. The molecule has 168 valence electrons. The summed E-state index contributed by atoms with van der Waals surface area (Å²) in [7, 11) is 0. The van der Waals surface area contributed by atoms with Crippen LogP contribution in [0.3, 0.4) is 0 Å². The minimum atomic E-state index is -4.96. The molecule has 9 nitrogen and oxygen atoms in total. The highest BCUT2D eigenvalue weighted by atomic mass is 19.4. The lowest BCUT2D eigenvalue weighted by Gasteiger charge is -2.16. The first kappa shape index (κ1) is 22.6. The second kappa shape index (κ2) is 8.96. The van der Waals surface area contributed by atoms with Crippen LogP contribution in [0.15, 0.2) is 42.5 Å². The van der Waals surface area contributed by atoms with Gasteiger partial charge in [0.1, 0.15) is 0 Å². The summed E-state index contributed by atoms with van der Waals surface area (Å²) in [6.45, 7) is 1.25. The standard InChI is InChI=1S/C20H15F3N2O7/c1-11(32-18(26)7-3-12-2-6-16-17(8-12)31-10-30-16)19(27)24-15-5-4-13(25(28)29)9-14(15)20(21,22)23/h2-9,11H,10H2,1H3,(H,24,27)/b7-3-/t11-/m1/s1.